The molecule has 1 atom stereocenters. The predicted octanol–water partition coefficient (Wildman–Crippen LogP) is 4.40. The summed E-state index contributed by atoms with van der Waals surface area (Å²) in [6.07, 6.45) is 2.95. The lowest BCUT2D eigenvalue weighted by Crippen LogP contribution is -2.30. The zero-order valence-electron chi connectivity index (χ0n) is 14.7. The number of benzene rings is 1. The van der Waals surface area contributed by atoms with Crippen molar-refractivity contribution in [3.8, 4) is 11.5 Å². The van der Waals surface area contributed by atoms with Crippen molar-refractivity contribution in [1.82, 2.24) is 15.1 Å². The predicted molar refractivity (Wildman–Crippen MR) is 101 cm³/mol. The molecule has 1 fully saturated rings. The average molecular weight is 367 g/mol. The van der Waals surface area contributed by atoms with Gasteiger partial charge in [0.1, 0.15) is 0 Å². The van der Waals surface area contributed by atoms with Crippen molar-refractivity contribution in [2.45, 2.75) is 38.6 Å². The topological polar surface area (TPSA) is 59.2 Å². The zero-order chi connectivity index (χ0) is 17.9. The lowest BCUT2D eigenvalue weighted by molar-refractivity contribution is -0.132. The van der Waals surface area contributed by atoms with Crippen LogP contribution in [0.15, 0.2) is 45.5 Å². The van der Waals surface area contributed by atoms with Crippen molar-refractivity contribution >= 4 is 17.2 Å². The van der Waals surface area contributed by atoms with Crippen molar-refractivity contribution in [1.29, 1.82) is 0 Å². The van der Waals surface area contributed by atoms with Crippen LogP contribution in [0, 0.1) is 6.92 Å². The summed E-state index contributed by atoms with van der Waals surface area (Å²) in [4.78, 5) is 14.7. The van der Waals surface area contributed by atoms with Crippen LogP contribution in [-0.2, 0) is 11.2 Å². The first-order chi connectivity index (χ1) is 12.7. The van der Waals surface area contributed by atoms with Gasteiger partial charge in [0, 0.05) is 30.3 Å². The van der Waals surface area contributed by atoms with E-state index in [2.05, 4.69) is 41.4 Å². The average Bonchev–Trinajstić information content (AvgIpc) is 3.40. The molecule has 0 unspecified atom stereocenters. The molecule has 0 spiro atoms. The van der Waals surface area contributed by atoms with E-state index in [1.54, 1.807) is 11.3 Å². The highest BCUT2D eigenvalue weighted by Crippen LogP contribution is 2.32. The van der Waals surface area contributed by atoms with E-state index in [9.17, 15) is 4.79 Å². The van der Waals surface area contributed by atoms with Crippen LogP contribution in [0.3, 0.4) is 0 Å². The second-order valence-corrected chi connectivity index (χ2v) is 7.45. The summed E-state index contributed by atoms with van der Waals surface area (Å²) in [6, 6.07) is 10.6. The Morgan fingerprint density at radius 3 is 2.88 bits per heavy atom. The van der Waals surface area contributed by atoms with E-state index >= 15 is 0 Å². The lowest BCUT2D eigenvalue weighted by atomic mass is 10.0. The maximum Gasteiger partial charge on any atom is 0.248 e. The molecule has 26 heavy (non-hydrogen) atoms. The summed E-state index contributed by atoms with van der Waals surface area (Å²) < 4.78 is 5.68. The van der Waals surface area contributed by atoms with Crippen LogP contribution in [0.5, 0.6) is 0 Å². The van der Waals surface area contributed by atoms with Crippen molar-refractivity contribution in [2.75, 3.05) is 6.54 Å². The minimum Gasteiger partial charge on any atom is -0.421 e. The highest BCUT2D eigenvalue weighted by atomic mass is 32.1. The van der Waals surface area contributed by atoms with Gasteiger partial charge in [-0.1, -0.05) is 29.8 Å². The van der Waals surface area contributed by atoms with E-state index in [1.165, 1.54) is 11.1 Å². The monoisotopic (exact) mass is 367 g/mol. The first kappa shape index (κ1) is 17.0. The lowest BCUT2D eigenvalue weighted by Gasteiger charge is -2.25. The van der Waals surface area contributed by atoms with Gasteiger partial charge >= 0.3 is 0 Å². The molecule has 0 aliphatic carbocycles. The van der Waals surface area contributed by atoms with Crippen molar-refractivity contribution in [3.63, 3.8) is 0 Å². The number of hydrogen-bond acceptors (Lipinski definition) is 5. The third kappa shape index (κ3) is 3.55. The van der Waals surface area contributed by atoms with Crippen LogP contribution < -0.4 is 0 Å². The molecular formula is C20H21N3O2S. The number of hydrogen-bond donors (Lipinski definition) is 0. The maximum atomic E-state index is 12.7. The first-order valence-corrected chi connectivity index (χ1v) is 9.86. The number of aromatic nitrogens is 2. The number of carbonyl (C=O) groups is 1. The quantitative estimate of drug-likeness (QED) is 0.670. The number of nitrogens with zero attached hydrogens (tertiary/aromatic N) is 3. The van der Waals surface area contributed by atoms with E-state index in [0.717, 1.165) is 24.9 Å². The third-order valence-corrected chi connectivity index (χ3v) is 5.51. The number of likely N-dealkylation sites (tertiary alicyclic amines) is 1. The van der Waals surface area contributed by atoms with E-state index in [0.29, 0.717) is 24.6 Å². The van der Waals surface area contributed by atoms with Gasteiger partial charge in [-0.25, -0.2) is 0 Å². The third-order valence-electron chi connectivity index (χ3n) is 4.82. The molecule has 4 rings (SSSR count). The van der Waals surface area contributed by atoms with Gasteiger partial charge < -0.3 is 9.32 Å². The van der Waals surface area contributed by atoms with Gasteiger partial charge in [0.25, 0.3) is 0 Å². The van der Waals surface area contributed by atoms with E-state index in [4.69, 9.17) is 4.42 Å². The summed E-state index contributed by atoms with van der Waals surface area (Å²) in [6.45, 7) is 2.90. The van der Waals surface area contributed by atoms with Crippen LogP contribution in [0.25, 0.3) is 11.5 Å². The number of aryl methyl sites for hydroxylation is 2. The fourth-order valence-corrected chi connectivity index (χ4v) is 4.05. The van der Waals surface area contributed by atoms with Gasteiger partial charge in [0.15, 0.2) is 0 Å². The van der Waals surface area contributed by atoms with Gasteiger partial charge in [-0.05, 0) is 36.8 Å². The molecule has 134 valence electrons. The summed E-state index contributed by atoms with van der Waals surface area (Å²) in [5, 5.41) is 12.1. The van der Waals surface area contributed by atoms with Crippen molar-refractivity contribution in [3.05, 3.63) is 58.1 Å². The second kappa shape index (κ2) is 7.41. The fourth-order valence-electron chi connectivity index (χ4n) is 3.42. The maximum absolute atomic E-state index is 12.7. The Kier molecular flexibility index (Phi) is 4.84. The highest BCUT2D eigenvalue weighted by Gasteiger charge is 2.29. The summed E-state index contributed by atoms with van der Waals surface area (Å²) >= 11 is 1.59. The molecule has 3 aromatic rings. The van der Waals surface area contributed by atoms with Gasteiger partial charge in [-0.3, -0.25) is 4.79 Å². The van der Waals surface area contributed by atoms with E-state index < -0.39 is 0 Å². The number of rotatable bonds is 5. The van der Waals surface area contributed by atoms with E-state index in [1.807, 2.05) is 21.7 Å². The molecule has 1 saturated heterocycles. The Balaban J connectivity index is 1.39. The van der Waals surface area contributed by atoms with Crippen LogP contribution in [-0.4, -0.2) is 27.5 Å². The standard InChI is InChI=1S/C20H21N3O2S/c1-14-4-6-15(7-5-14)17-3-2-11-23(17)19(24)9-8-18-21-22-20(25-18)16-10-12-26-13-16/h4-7,10,12-13,17H,2-3,8-9,11H2,1H3/t17-/m1/s1. The highest BCUT2D eigenvalue weighted by molar-refractivity contribution is 7.08. The molecule has 1 aliphatic heterocycles. The number of thiophene rings is 1. The summed E-state index contributed by atoms with van der Waals surface area (Å²) in [5.41, 5.74) is 3.39. The Hall–Kier alpha value is -2.47. The van der Waals surface area contributed by atoms with Crippen LogP contribution in [0.1, 0.15) is 42.3 Å². The Morgan fingerprint density at radius 2 is 2.12 bits per heavy atom. The minimum absolute atomic E-state index is 0.156. The molecule has 1 amide bonds. The summed E-state index contributed by atoms with van der Waals surface area (Å²) in [5.74, 6) is 1.20. The summed E-state index contributed by atoms with van der Waals surface area (Å²) in [7, 11) is 0. The van der Waals surface area contributed by atoms with Gasteiger partial charge in [-0.2, -0.15) is 11.3 Å². The Labute approximate surface area is 156 Å². The molecule has 1 aromatic carbocycles. The SMILES string of the molecule is Cc1ccc([C@H]2CCCN2C(=O)CCc2nnc(-c3ccsc3)o2)cc1. The van der Waals surface area contributed by atoms with Gasteiger partial charge in [-0.15, -0.1) is 10.2 Å². The van der Waals surface area contributed by atoms with E-state index in [-0.39, 0.29) is 11.9 Å². The first-order valence-electron chi connectivity index (χ1n) is 8.92. The van der Waals surface area contributed by atoms with Crippen LogP contribution in [0.4, 0.5) is 0 Å². The molecule has 1 aliphatic rings. The molecule has 5 nitrogen and oxygen atoms in total. The molecule has 0 radical (unpaired) electrons. The molecule has 0 N–H and O–H groups in total. The van der Waals surface area contributed by atoms with Crippen molar-refractivity contribution < 1.29 is 9.21 Å². The minimum atomic E-state index is 0.156. The Bertz CT molecular complexity index is 871. The van der Waals surface area contributed by atoms with Gasteiger partial charge in [0.05, 0.1) is 6.04 Å². The Morgan fingerprint density at radius 1 is 1.27 bits per heavy atom. The molecule has 2 aromatic heterocycles. The van der Waals surface area contributed by atoms with Gasteiger partial charge in [0.2, 0.25) is 17.7 Å². The smallest absolute Gasteiger partial charge is 0.248 e. The molecule has 3 heterocycles. The second-order valence-electron chi connectivity index (χ2n) is 6.67. The zero-order valence-corrected chi connectivity index (χ0v) is 15.5. The molecule has 6 heteroatoms. The fraction of sp³-hybridized carbons (Fsp3) is 0.350. The van der Waals surface area contributed by atoms with Crippen molar-refractivity contribution in [2.24, 2.45) is 0 Å². The number of amides is 1. The number of carbonyl (C=O) groups excluding carboxylic acids is 1. The van der Waals surface area contributed by atoms with Crippen LogP contribution in [0.2, 0.25) is 0 Å². The normalized spacial score (nSPS) is 17.0. The largest absolute Gasteiger partial charge is 0.421 e. The van der Waals surface area contributed by atoms with Crippen LogP contribution >= 0.6 is 11.3 Å². The molecule has 0 bridgehead atoms. The molecular weight excluding hydrogens is 346 g/mol. The molecule has 0 saturated carbocycles.